The molecule has 2 heterocycles. The maximum Gasteiger partial charge on any atom is 0.162 e. The maximum atomic E-state index is 14.2. The van der Waals surface area contributed by atoms with Crippen LogP contribution in [-0.2, 0) is 0 Å². The lowest BCUT2D eigenvalue weighted by Crippen LogP contribution is -2.47. The molecule has 0 saturated carbocycles. The number of nitrogens with zero attached hydrogens (tertiary/aromatic N) is 4. The quantitative estimate of drug-likeness (QED) is 0.488. The molecule has 1 aromatic heterocycles. The Balaban J connectivity index is 1.48. The summed E-state index contributed by atoms with van der Waals surface area (Å²) in [7, 11) is 0. The SMILES string of the molecule is Fc1ccc(-c2nc(N3CCN(c4ccccc4F)CC3)c3ccccc3n2)cc1. The molecule has 0 amide bonds. The van der Waals surface area contributed by atoms with Gasteiger partial charge in [-0.3, -0.25) is 0 Å². The number of hydrogen-bond acceptors (Lipinski definition) is 4. The smallest absolute Gasteiger partial charge is 0.162 e. The first-order valence-electron chi connectivity index (χ1n) is 9.96. The Kier molecular flexibility index (Phi) is 4.75. The van der Waals surface area contributed by atoms with Crippen LogP contribution >= 0.6 is 0 Å². The molecule has 1 aliphatic heterocycles. The van der Waals surface area contributed by atoms with Crippen molar-refractivity contribution in [3.63, 3.8) is 0 Å². The van der Waals surface area contributed by atoms with Crippen LogP contribution in [0.15, 0.2) is 72.8 Å². The molecule has 150 valence electrons. The first-order chi connectivity index (χ1) is 14.7. The van der Waals surface area contributed by atoms with Crippen molar-refractivity contribution in [3.8, 4) is 11.4 Å². The second-order valence-electron chi connectivity index (χ2n) is 7.32. The molecule has 4 aromatic rings. The Hall–Kier alpha value is -3.54. The van der Waals surface area contributed by atoms with Gasteiger partial charge in [0.25, 0.3) is 0 Å². The van der Waals surface area contributed by atoms with Gasteiger partial charge >= 0.3 is 0 Å². The molecule has 5 rings (SSSR count). The van der Waals surface area contributed by atoms with Crippen molar-refractivity contribution < 1.29 is 8.78 Å². The number of benzene rings is 3. The zero-order chi connectivity index (χ0) is 20.5. The molecule has 0 N–H and O–H groups in total. The lowest BCUT2D eigenvalue weighted by molar-refractivity contribution is 0.597. The van der Waals surface area contributed by atoms with E-state index in [0.717, 1.165) is 35.4 Å². The molecule has 1 saturated heterocycles. The molecule has 4 nitrogen and oxygen atoms in total. The zero-order valence-corrected chi connectivity index (χ0v) is 16.3. The van der Waals surface area contributed by atoms with Crippen LogP contribution in [0.3, 0.4) is 0 Å². The van der Waals surface area contributed by atoms with E-state index in [2.05, 4.69) is 14.8 Å². The van der Waals surface area contributed by atoms with E-state index in [9.17, 15) is 8.78 Å². The molecule has 3 aromatic carbocycles. The van der Waals surface area contributed by atoms with Gasteiger partial charge in [-0.1, -0.05) is 24.3 Å². The van der Waals surface area contributed by atoms with Crippen molar-refractivity contribution in [1.82, 2.24) is 9.97 Å². The van der Waals surface area contributed by atoms with Crippen LogP contribution in [0.1, 0.15) is 0 Å². The minimum Gasteiger partial charge on any atom is -0.366 e. The predicted molar refractivity (Wildman–Crippen MR) is 116 cm³/mol. The van der Waals surface area contributed by atoms with Gasteiger partial charge in [0, 0.05) is 37.1 Å². The highest BCUT2D eigenvalue weighted by atomic mass is 19.1. The molecule has 30 heavy (non-hydrogen) atoms. The van der Waals surface area contributed by atoms with E-state index in [0.29, 0.717) is 24.6 Å². The van der Waals surface area contributed by atoms with E-state index in [1.54, 1.807) is 18.2 Å². The van der Waals surface area contributed by atoms with Crippen LogP contribution in [0.5, 0.6) is 0 Å². The molecule has 1 fully saturated rings. The summed E-state index contributed by atoms with van der Waals surface area (Å²) < 4.78 is 27.5. The summed E-state index contributed by atoms with van der Waals surface area (Å²) in [5.74, 6) is 0.939. The highest BCUT2D eigenvalue weighted by Gasteiger charge is 2.22. The summed E-state index contributed by atoms with van der Waals surface area (Å²) in [6.45, 7) is 2.84. The van der Waals surface area contributed by atoms with Crippen LogP contribution in [0.4, 0.5) is 20.3 Å². The Morgan fingerprint density at radius 2 is 1.33 bits per heavy atom. The summed E-state index contributed by atoms with van der Waals surface area (Å²) in [4.78, 5) is 13.8. The second kappa shape index (κ2) is 7.71. The lowest BCUT2D eigenvalue weighted by atomic mass is 10.1. The summed E-state index contributed by atoms with van der Waals surface area (Å²) >= 11 is 0. The van der Waals surface area contributed by atoms with Crippen LogP contribution in [0.2, 0.25) is 0 Å². The molecule has 0 aliphatic carbocycles. The number of hydrogen-bond donors (Lipinski definition) is 0. The third-order valence-corrected chi connectivity index (χ3v) is 5.46. The molecular formula is C24H20F2N4. The van der Waals surface area contributed by atoms with Gasteiger partial charge in [-0.25, -0.2) is 18.7 Å². The zero-order valence-electron chi connectivity index (χ0n) is 16.3. The number of fused-ring (bicyclic) bond motifs is 1. The third-order valence-electron chi connectivity index (χ3n) is 5.46. The number of anilines is 2. The van der Waals surface area contributed by atoms with Gasteiger partial charge in [0.05, 0.1) is 11.2 Å². The molecule has 0 bridgehead atoms. The molecule has 0 atom stereocenters. The fourth-order valence-corrected chi connectivity index (χ4v) is 3.90. The van der Waals surface area contributed by atoms with Gasteiger partial charge < -0.3 is 9.80 Å². The largest absolute Gasteiger partial charge is 0.366 e. The highest BCUT2D eigenvalue weighted by molar-refractivity contribution is 5.91. The van der Waals surface area contributed by atoms with Gasteiger partial charge in [-0.05, 0) is 48.5 Å². The Morgan fingerprint density at radius 3 is 2.10 bits per heavy atom. The number of para-hydroxylation sites is 2. The van der Waals surface area contributed by atoms with Gasteiger partial charge in [-0.15, -0.1) is 0 Å². The fourth-order valence-electron chi connectivity index (χ4n) is 3.90. The van der Waals surface area contributed by atoms with Crippen LogP contribution in [0, 0.1) is 11.6 Å². The number of aromatic nitrogens is 2. The van der Waals surface area contributed by atoms with Gasteiger partial charge in [-0.2, -0.15) is 0 Å². The van der Waals surface area contributed by atoms with Crippen LogP contribution in [0.25, 0.3) is 22.3 Å². The first kappa shape index (κ1) is 18.5. The van der Waals surface area contributed by atoms with Crippen molar-refractivity contribution in [2.75, 3.05) is 36.0 Å². The van der Waals surface area contributed by atoms with Crippen molar-refractivity contribution in [1.29, 1.82) is 0 Å². The minimum absolute atomic E-state index is 0.197. The molecule has 0 unspecified atom stereocenters. The standard InChI is InChI=1S/C24H20F2N4/c25-18-11-9-17(10-12-18)23-27-21-7-3-1-5-19(21)24(28-23)30-15-13-29(14-16-30)22-8-4-2-6-20(22)26/h1-12H,13-16H2. The normalized spacial score (nSPS) is 14.3. The van der Waals surface area contributed by atoms with E-state index in [1.807, 2.05) is 36.4 Å². The average Bonchev–Trinajstić information content (AvgIpc) is 2.79. The van der Waals surface area contributed by atoms with Crippen molar-refractivity contribution in [3.05, 3.63) is 84.4 Å². The van der Waals surface area contributed by atoms with Crippen LogP contribution in [-0.4, -0.2) is 36.1 Å². The van der Waals surface area contributed by atoms with E-state index in [4.69, 9.17) is 4.98 Å². The van der Waals surface area contributed by atoms with Gasteiger partial charge in [0.1, 0.15) is 17.5 Å². The summed E-state index contributed by atoms with van der Waals surface area (Å²) in [5, 5.41) is 0.975. The Labute approximate surface area is 173 Å². The second-order valence-corrected chi connectivity index (χ2v) is 7.32. The van der Waals surface area contributed by atoms with E-state index < -0.39 is 0 Å². The highest BCUT2D eigenvalue weighted by Crippen LogP contribution is 2.29. The third kappa shape index (κ3) is 3.45. The predicted octanol–water partition coefficient (Wildman–Crippen LogP) is 4.90. The average molecular weight is 402 g/mol. The summed E-state index contributed by atoms with van der Waals surface area (Å²) in [6, 6.07) is 21.0. The first-order valence-corrected chi connectivity index (χ1v) is 9.96. The van der Waals surface area contributed by atoms with E-state index >= 15 is 0 Å². The fraction of sp³-hybridized carbons (Fsp3) is 0.167. The van der Waals surface area contributed by atoms with Gasteiger partial charge in [0.2, 0.25) is 0 Å². The van der Waals surface area contributed by atoms with Crippen molar-refractivity contribution in [2.45, 2.75) is 0 Å². The van der Waals surface area contributed by atoms with Crippen molar-refractivity contribution in [2.24, 2.45) is 0 Å². The lowest BCUT2D eigenvalue weighted by Gasteiger charge is -2.37. The number of halogens is 2. The Morgan fingerprint density at radius 1 is 0.667 bits per heavy atom. The van der Waals surface area contributed by atoms with Crippen molar-refractivity contribution >= 4 is 22.4 Å². The minimum atomic E-state index is -0.288. The van der Waals surface area contributed by atoms with Crippen LogP contribution < -0.4 is 9.80 Å². The molecule has 1 aliphatic rings. The molecular weight excluding hydrogens is 382 g/mol. The molecule has 0 radical (unpaired) electrons. The van der Waals surface area contributed by atoms with Gasteiger partial charge in [0.15, 0.2) is 5.82 Å². The Bertz CT molecular complexity index is 1190. The molecule has 6 heteroatoms. The maximum absolute atomic E-state index is 14.2. The number of piperazine rings is 1. The summed E-state index contributed by atoms with van der Waals surface area (Å²) in [6.07, 6.45) is 0. The summed E-state index contributed by atoms with van der Waals surface area (Å²) in [5.41, 5.74) is 2.25. The van der Waals surface area contributed by atoms with E-state index in [-0.39, 0.29) is 11.6 Å². The number of rotatable bonds is 3. The monoisotopic (exact) mass is 402 g/mol. The molecule has 0 spiro atoms. The van der Waals surface area contributed by atoms with E-state index in [1.165, 1.54) is 18.2 Å². The topological polar surface area (TPSA) is 32.3 Å².